The molecule has 4 rings (SSSR count). The second kappa shape index (κ2) is 7.99. The van der Waals surface area contributed by atoms with Gasteiger partial charge in [0, 0.05) is 24.9 Å². The van der Waals surface area contributed by atoms with E-state index in [-0.39, 0.29) is 41.7 Å². The molecular formula is C21H26O5. The third-order valence-corrected chi connectivity index (χ3v) is 5.98. The lowest BCUT2D eigenvalue weighted by Crippen LogP contribution is -2.31. The third kappa shape index (κ3) is 3.75. The number of Topliss-reactive ketones (excluding diaryl/α,β-unsaturated/α-hetero) is 2. The second-order valence-corrected chi connectivity index (χ2v) is 7.63. The van der Waals surface area contributed by atoms with Gasteiger partial charge in [-0.15, -0.1) is 0 Å². The fraction of sp³-hybridized carbons (Fsp3) is 0.619. The summed E-state index contributed by atoms with van der Waals surface area (Å²) in [5.41, 5.74) is 1.11. The van der Waals surface area contributed by atoms with Gasteiger partial charge in [-0.1, -0.05) is 30.3 Å². The molecule has 5 atom stereocenters. The van der Waals surface area contributed by atoms with Crippen LogP contribution >= 0.6 is 0 Å². The Morgan fingerprint density at radius 1 is 1.08 bits per heavy atom. The molecule has 0 spiro atoms. The minimum absolute atomic E-state index is 0.0501. The molecule has 1 heterocycles. The monoisotopic (exact) mass is 358 g/mol. The number of rotatable bonds is 6. The summed E-state index contributed by atoms with van der Waals surface area (Å²) in [6.07, 6.45) is 3.87. The van der Waals surface area contributed by atoms with E-state index in [0.717, 1.165) is 31.4 Å². The Hall–Kier alpha value is -1.56. The summed E-state index contributed by atoms with van der Waals surface area (Å²) in [6, 6.07) is 10.0. The van der Waals surface area contributed by atoms with Crippen LogP contribution in [0.5, 0.6) is 0 Å². The van der Waals surface area contributed by atoms with Gasteiger partial charge in [-0.2, -0.15) is 0 Å². The highest BCUT2D eigenvalue weighted by atomic mass is 16.7. The molecule has 0 radical (unpaired) electrons. The van der Waals surface area contributed by atoms with Crippen molar-refractivity contribution in [1.82, 2.24) is 0 Å². The van der Waals surface area contributed by atoms with E-state index in [1.54, 1.807) is 0 Å². The van der Waals surface area contributed by atoms with Crippen LogP contribution in [0.2, 0.25) is 0 Å². The number of ether oxygens (including phenoxy) is 3. The zero-order valence-electron chi connectivity index (χ0n) is 15.0. The molecule has 3 aliphatic rings. The summed E-state index contributed by atoms with van der Waals surface area (Å²) in [7, 11) is 0. The highest BCUT2D eigenvalue weighted by molar-refractivity contribution is 6.40. The lowest BCUT2D eigenvalue weighted by molar-refractivity contribution is -0.177. The molecule has 26 heavy (non-hydrogen) atoms. The van der Waals surface area contributed by atoms with Crippen LogP contribution in [-0.4, -0.2) is 37.2 Å². The fourth-order valence-electron chi connectivity index (χ4n) is 4.55. The first kappa shape index (κ1) is 17.8. The number of carbonyl (C=O) groups excluding carboxylic acids is 2. The second-order valence-electron chi connectivity index (χ2n) is 7.63. The number of benzene rings is 1. The third-order valence-electron chi connectivity index (χ3n) is 5.98. The molecule has 1 aliphatic heterocycles. The topological polar surface area (TPSA) is 61.8 Å². The highest BCUT2D eigenvalue weighted by Crippen LogP contribution is 2.46. The van der Waals surface area contributed by atoms with Gasteiger partial charge >= 0.3 is 0 Å². The van der Waals surface area contributed by atoms with E-state index in [2.05, 4.69) is 0 Å². The molecule has 1 aromatic carbocycles. The van der Waals surface area contributed by atoms with Crippen LogP contribution in [0.15, 0.2) is 30.3 Å². The summed E-state index contributed by atoms with van der Waals surface area (Å²) >= 11 is 0. The van der Waals surface area contributed by atoms with Gasteiger partial charge in [-0.05, 0) is 37.2 Å². The first-order chi connectivity index (χ1) is 12.7. The minimum atomic E-state index is -0.222. The maximum Gasteiger partial charge on any atom is 0.201 e. The van der Waals surface area contributed by atoms with E-state index >= 15 is 0 Å². The Bertz CT molecular complexity index is 637. The summed E-state index contributed by atoms with van der Waals surface area (Å²) in [4.78, 5) is 24.1. The van der Waals surface area contributed by atoms with Crippen LogP contribution in [0.4, 0.5) is 0 Å². The van der Waals surface area contributed by atoms with Crippen LogP contribution in [0.1, 0.15) is 37.7 Å². The Balaban J connectivity index is 1.40. The first-order valence-corrected chi connectivity index (χ1v) is 9.68. The van der Waals surface area contributed by atoms with E-state index in [0.29, 0.717) is 26.1 Å². The van der Waals surface area contributed by atoms with Crippen LogP contribution in [-0.2, 0) is 30.4 Å². The molecule has 5 unspecified atom stereocenters. The van der Waals surface area contributed by atoms with E-state index in [4.69, 9.17) is 14.2 Å². The molecule has 1 saturated heterocycles. The van der Waals surface area contributed by atoms with Crippen LogP contribution in [0.25, 0.3) is 0 Å². The molecule has 1 aromatic rings. The average molecular weight is 358 g/mol. The summed E-state index contributed by atoms with van der Waals surface area (Å²) in [6.45, 7) is 1.75. The van der Waals surface area contributed by atoms with Gasteiger partial charge in [0.2, 0.25) is 5.78 Å². The number of fused-ring (bicyclic) bond motifs is 1. The van der Waals surface area contributed by atoms with Crippen molar-refractivity contribution in [1.29, 1.82) is 0 Å². The van der Waals surface area contributed by atoms with Crippen molar-refractivity contribution in [2.24, 2.45) is 17.8 Å². The lowest BCUT2D eigenvalue weighted by Gasteiger charge is -2.28. The quantitative estimate of drug-likeness (QED) is 0.732. The van der Waals surface area contributed by atoms with Crippen LogP contribution in [0, 0.1) is 17.8 Å². The Morgan fingerprint density at radius 3 is 2.69 bits per heavy atom. The first-order valence-electron chi connectivity index (χ1n) is 9.68. The average Bonchev–Trinajstić information content (AvgIpc) is 3.16. The number of hydrogen-bond donors (Lipinski definition) is 0. The zero-order valence-corrected chi connectivity index (χ0v) is 15.0. The molecule has 5 heteroatoms. The lowest BCUT2D eigenvalue weighted by atomic mass is 9.92. The summed E-state index contributed by atoms with van der Waals surface area (Å²) < 4.78 is 17.8. The molecule has 0 amide bonds. The van der Waals surface area contributed by atoms with Crippen molar-refractivity contribution in [2.45, 2.75) is 51.1 Å². The molecule has 3 fully saturated rings. The highest BCUT2D eigenvalue weighted by Gasteiger charge is 2.53. The summed E-state index contributed by atoms with van der Waals surface area (Å²) in [5, 5.41) is 0. The Labute approximate surface area is 154 Å². The predicted molar refractivity (Wildman–Crippen MR) is 94.3 cm³/mol. The van der Waals surface area contributed by atoms with Crippen molar-refractivity contribution < 1.29 is 23.8 Å². The molecule has 0 aromatic heterocycles. The standard InChI is InChI=1S/C21H26O5/c22-18-10-15-16(21(18)23)11-19(25-12-14-6-2-1-3-7-14)17(15)13-26-20-8-4-5-9-24-20/h1-3,6-7,15-17,19-20H,4-5,8-13H2. The molecule has 5 nitrogen and oxygen atoms in total. The molecule has 2 aliphatic carbocycles. The smallest absolute Gasteiger partial charge is 0.201 e. The van der Waals surface area contributed by atoms with Gasteiger partial charge < -0.3 is 14.2 Å². The van der Waals surface area contributed by atoms with Gasteiger partial charge in [0.25, 0.3) is 0 Å². The Morgan fingerprint density at radius 2 is 1.92 bits per heavy atom. The van der Waals surface area contributed by atoms with Gasteiger partial charge in [0.05, 0.1) is 19.3 Å². The SMILES string of the molecule is O=C1CC2C(CC(OCc3ccccc3)C2COC2CCCCO2)C1=O. The molecule has 140 valence electrons. The molecular weight excluding hydrogens is 332 g/mol. The van der Waals surface area contributed by atoms with Gasteiger partial charge in [-0.3, -0.25) is 9.59 Å². The van der Waals surface area contributed by atoms with Crippen molar-refractivity contribution in [3.05, 3.63) is 35.9 Å². The zero-order chi connectivity index (χ0) is 17.9. The normalized spacial score (nSPS) is 34.2. The van der Waals surface area contributed by atoms with Crippen LogP contribution in [0.3, 0.4) is 0 Å². The van der Waals surface area contributed by atoms with Crippen molar-refractivity contribution >= 4 is 11.6 Å². The van der Waals surface area contributed by atoms with Crippen molar-refractivity contribution in [3.63, 3.8) is 0 Å². The van der Waals surface area contributed by atoms with Gasteiger partial charge in [0.15, 0.2) is 12.1 Å². The summed E-state index contributed by atoms with van der Waals surface area (Å²) in [5.74, 6) is -0.492. The van der Waals surface area contributed by atoms with E-state index in [1.807, 2.05) is 30.3 Å². The minimum Gasteiger partial charge on any atom is -0.373 e. The van der Waals surface area contributed by atoms with E-state index in [9.17, 15) is 9.59 Å². The maximum absolute atomic E-state index is 12.2. The van der Waals surface area contributed by atoms with E-state index < -0.39 is 0 Å². The number of hydrogen-bond acceptors (Lipinski definition) is 5. The van der Waals surface area contributed by atoms with Crippen molar-refractivity contribution in [2.75, 3.05) is 13.2 Å². The van der Waals surface area contributed by atoms with Gasteiger partial charge in [0.1, 0.15) is 0 Å². The van der Waals surface area contributed by atoms with Crippen LogP contribution < -0.4 is 0 Å². The number of carbonyl (C=O) groups is 2. The maximum atomic E-state index is 12.2. The van der Waals surface area contributed by atoms with Crippen molar-refractivity contribution in [3.8, 4) is 0 Å². The molecule has 2 saturated carbocycles. The Kier molecular flexibility index (Phi) is 5.48. The predicted octanol–water partition coefficient (Wildman–Crippen LogP) is 2.91. The molecule has 0 N–H and O–H groups in total. The number of ketones is 2. The fourth-order valence-corrected chi connectivity index (χ4v) is 4.55. The largest absolute Gasteiger partial charge is 0.373 e. The van der Waals surface area contributed by atoms with Gasteiger partial charge in [-0.25, -0.2) is 0 Å². The molecule has 0 bridgehead atoms. The van der Waals surface area contributed by atoms with E-state index in [1.165, 1.54) is 0 Å².